The maximum Gasteiger partial charge on any atom is 0.247 e. The maximum atomic E-state index is 11.6. The zero-order chi connectivity index (χ0) is 13.8. The third kappa shape index (κ3) is 3.21. The summed E-state index contributed by atoms with van der Waals surface area (Å²) in [5.41, 5.74) is 7.78. The van der Waals surface area contributed by atoms with Crippen molar-refractivity contribution in [2.75, 3.05) is 0 Å². The van der Waals surface area contributed by atoms with E-state index in [4.69, 9.17) is 4.42 Å². The second-order valence-corrected chi connectivity index (χ2v) is 4.14. The summed E-state index contributed by atoms with van der Waals surface area (Å²) in [7, 11) is 0. The van der Waals surface area contributed by atoms with Crippen LogP contribution in [0.15, 0.2) is 33.9 Å². The van der Waals surface area contributed by atoms with Crippen molar-refractivity contribution in [2.24, 2.45) is 11.0 Å². The lowest BCUT2D eigenvalue weighted by Crippen LogP contribution is -2.27. The normalized spacial score (nSPS) is 18.5. The van der Waals surface area contributed by atoms with Gasteiger partial charge in [-0.2, -0.15) is 5.10 Å². The Hall–Kier alpha value is -2.57. The van der Waals surface area contributed by atoms with Crippen LogP contribution in [0.3, 0.4) is 0 Å². The van der Waals surface area contributed by atoms with Crippen molar-refractivity contribution < 1.29 is 14.0 Å². The first kappa shape index (κ1) is 12.9. The van der Waals surface area contributed by atoms with Crippen molar-refractivity contribution in [3.63, 3.8) is 0 Å². The third-order valence-electron chi connectivity index (χ3n) is 2.62. The maximum absolute atomic E-state index is 11.6. The van der Waals surface area contributed by atoms with Crippen LogP contribution in [0, 0.1) is 12.8 Å². The number of hydrazone groups is 1. The quantitative estimate of drug-likeness (QED) is 0.533. The van der Waals surface area contributed by atoms with Crippen LogP contribution < -0.4 is 16.3 Å². The molecule has 1 unspecified atom stereocenters. The number of rotatable bonds is 4. The minimum Gasteiger partial charge on any atom is -0.460 e. The fourth-order valence-corrected chi connectivity index (χ4v) is 1.61. The van der Waals surface area contributed by atoms with E-state index in [9.17, 15) is 9.59 Å². The van der Waals surface area contributed by atoms with Crippen LogP contribution in [0.1, 0.15) is 17.9 Å². The van der Waals surface area contributed by atoms with Crippen LogP contribution in [0.2, 0.25) is 0 Å². The average Bonchev–Trinajstić information content (AvgIpc) is 2.90. The van der Waals surface area contributed by atoms with Crippen LogP contribution in [-0.2, 0) is 9.59 Å². The van der Waals surface area contributed by atoms with Gasteiger partial charge >= 0.3 is 0 Å². The number of hydrogen-bond acceptors (Lipinski definition) is 5. The Morgan fingerprint density at radius 1 is 1.58 bits per heavy atom. The zero-order valence-corrected chi connectivity index (χ0v) is 10.4. The predicted octanol–water partition coefficient (Wildman–Crippen LogP) is 0.193. The van der Waals surface area contributed by atoms with Gasteiger partial charge in [-0.25, -0.2) is 5.43 Å². The molecular weight excluding hydrogens is 248 g/mol. The Morgan fingerprint density at radius 3 is 2.95 bits per heavy atom. The van der Waals surface area contributed by atoms with Gasteiger partial charge in [0.15, 0.2) is 0 Å². The van der Waals surface area contributed by atoms with Crippen molar-refractivity contribution in [3.8, 4) is 0 Å². The molecule has 2 rings (SSSR count). The second-order valence-electron chi connectivity index (χ2n) is 4.14. The number of hydrogen-bond donors (Lipinski definition) is 3. The largest absolute Gasteiger partial charge is 0.460 e. The number of carbonyl (C=O) groups is 2. The van der Waals surface area contributed by atoms with E-state index >= 15 is 0 Å². The molecule has 1 aromatic heterocycles. The van der Waals surface area contributed by atoms with Gasteiger partial charge in [0, 0.05) is 12.1 Å². The number of hydrazine groups is 1. The van der Waals surface area contributed by atoms with Gasteiger partial charge in [-0.3, -0.25) is 15.0 Å². The molecule has 0 bridgehead atoms. The summed E-state index contributed by atoms with van der Waals surface area (Å²) in [6.45, 7) is 5.45. The molecule has 7 heteroatoms. The van der Waals surface area contributed by atoms with Crippen LogP contribution in [-0.4, -0.2) is 18.0 Å². The Bertz CT molecular complexity index is 531. The average molecular weight is 262 g/mol. The third-order valence-corrected chi connectivity index (χ3v) is 2.62. The Labute approximate surface area is 109 Å². The molecule has 1 aliphatic rings. The van der Waals surface area contributed by atoms with Gasteiger partial charge in [0.05, 0.1) is 12.1 Å². The van der Waals surface area contributed by atoms with Crippen molar-refractivity contribution >= 4 is 18.0 Å². The van der Waals surface area contributed by atoms with Crippen molar-refractivity contribution in [1.29, 1.82) is 0 Å². The van der Waals surface area contributed by atoms with Crippen molar-refractivity contribution in [3.05, 3.63) is 35.9 Å². The molecule has 100 valence electrons. The highest BCUT2D eigenvalue weighted by atomic mass is 16.3. The highest BCUT2D eigenvalue weighted by molar-refractivity contribution is 5.89. The first-order valence-corrected chi connectivity index (χ1v) is 5.69. The van der Waals surface area contributed by atoms with Gasteiger partial charge in [-0.15, -0.1) is 0 Å². The number of nitrogens with one attached hydrogen (secondary N) is 3. The summed E-state index contributed by atoms with van der Waals surface area (Å²) in [6, 6.07) is 3.53. The summed E-state index contributed by atoms with van der Waals surface area (Å²) in [5, 5.41) is 3.75. The van der Waals surface area contributed by atoms with E-state index in [1.807, 2.05) is 6.92 Å². The summed E-state index contributed by atoms with van der Waals surface area (Å²) in [5.74, 6) is 0.0941. The lowest BCUT2D eigenvalue weighted by atomic mass is 10.0. The summed E-state index contributed by atoms with van der Waals surface area (Å²) < 4.78 is 5.24. The van der Waals surface area contributed by atoms with Gasteiger partial charge in [-0.1, -0.05) is 6.58 Å². The molecule has 0 radical (unpaired) electrons. The topological polar surface area (TPSA) is 95.7 Å². The van der Waals surface area contributed by atoms with E-state index in [0.29, 0.717) is 11.5 Å². The molecule has 1 saturated heterocycles. The molecule has 1 atom stereocenters. The number of amides is 2. The first-order valence-electron chi connectivity index (χ1n) is 5.69. The van der Waals surface area contributed by atoms with E-state index in [2.05, 4.69) is 28.0 Å². The molecule has 0 spiro atoms. The minimum absolute atomic E-state index is 0.00775. The molecule has 0 aliphatic carbocycles. The standard InChI is InChI=1S/C12H14N4O3/c1-7-3-4-9(19-7)6-13-15-11(17)5-10-8(2)14-16-12(10)18/h3-4,6,10,14H,2,5H2,1H3,(H,15,17)(H,16,18). The summed E-state index contributed by atoms with van der Waals surface area (Å²) in [4.78, 5) is 22.9. The molecule has 2 amide bonds. The molecule has 3 N–H and O–H groups in total. The van der Waals surface area contributed by atoms with Gasteiger partial charge < -0.3 is 9.84 Å². The Balaban J connectivity index is 1.83. The van der Waals surface area contributed by atoms with Crippen molar-refractivity contribution in [1.82, 2.24) is 16.3 Å². The van der Waals surface area contributed by atoms with Crippen LogP contribution in [0.5, 0.6) is 0 Å². The molecular formula is C12H14N4O3. The van der Waals surface area contributed by atoms with E-state index in [1.165, 1.54) is 6.21 Å². The lowest BCUT2D eigenvalue weighted by Gasteiger charge is -2.04. The second kappa shape index (κ2) is 5.38. The molecule has 19 heavy (non-hydrogen) atoms. The van der Waals surface area contributed by atoms with Gasteiger partial charge in [0.25, 0.3) is 0 Å². The first-order chi connectivity index (χ1) is 9.06. The Kier molecular flexibility index (Phi) is 3.65. The van der Waals surface area contributed by atoms with E-state index in [1.54, 1.807) is 12.1 Å². The smallest absolute Gasteiger partial charge is 0.247 e. The van der Waals surface area contributed by atoms with Crippen LogP contribution in [0.25, 0.3) is 0 Å². The fraction of sp³-hybridized carbons (Fsp3) is 0.250. The number of aryl methyl sites for hydroxylation is 1. The van der Waals surface area contributed by atoms with Gasteiger partial charge in [-0.05, 0) is 19.1 Å². The van der Waals surface area contributed by atoms with Crippen LogP contribution in [0.4, 0.5) is 0 Å². The number of carbonyl (C=O) groups excluding carboxylic acids is 2. The fourth-order valence-electron chi connectivity index (χ4n) is 1.61. The summed E-state index contributed by atoms with van der Waals surface area (Å²) >= 11 is 0. The minimum atomic E-state index is -0.568. The van der Waals surface area contributed by atoms with Crippen LogP contribution >= 0.6 is 0 Å². The SMILES string of the molecule is C=C1NNC(=O)C1CC(=O)NN=Cc1ccc(C)o1. The summed E-state index contributed by atoms with van der Waals surface area (Å²) in [6.07, 6.45) is 1.39. The molecule has 0 aromatic carbocycles. The van der Waals surface area contributed by atoms with E-state index < -0.39 is 5.92 Å². The molecule has 1 aromatic rings. The molecule has 1 aliphatic heterocycles. The number of nitrogens with zero attached hydrogens (tertiary/aromatic N) is 1. The molecule has 2 heterocycles. The monoisotopic (exact) mass is 262 g/mol. The lowest BCUT2D eigenvalue weighted by molar-refractivity contribution is -0.127. The highest BCUT2D eigenvalue weighted by Crippen LogP contribution is 2.15. The molecule has 7 nitrogen and oxygen atoms in total. The van der Waals surface area contributed by atoms with Gasteiger partial charge in [0.2, 0.25) is 11.8 Å². The van der Waals surface area contributed by atoms with Crippen molar-refractivity contribution in [2.45, 2.75) is 13.3 Å². The molecule has 1 fully saturated rings. The van der Waals surface area contributed by atoms with Gasteiger partial charge in [0.1, 0.15) is 11.5 Å². The Morgan fingerprint density at radius 2 is 2.37 bits per heavy atom. The van der Waals surface area contributed by atoms with E-state index in [-0.39, 0.29) is 18.2 Å². The number of furan rings is 1. The predicted molar refractivity (Wildman–Crippen MR) is 67.7 cm³/mol. The molecule has 0 saturated carbocycles. The highest BCUT2D eigenvalue weighted by Gasteiger charge is 2.29. The zero-order valence-electron chi connectivity index (χ0n) is 10.4. The van der Waals surface area contributed by atoms with E-state index in [0.717, 1.165) is 5.76 Å².